The van der Waals surface area contributed by atoms with Gasteiger partial charge in [-0.25, -0.2) is 0 Å². The molecule has 6 nitrogen and oxygen atoms in total. The minimum atomic E-state index is -0.979. The van der Waals surface area contributed by atoms with E-state index in [1.165, 1.54) is 0 Å². The van der Waals surface area contributed by atoms with Crippen LogP contribution in [0.25, 0.3) is 0 Å². The zero-order valence-electron chi connectivity index (χ0n) is 11.3. The summed E-state index contributed by atoms with van der Waals surface area (Å²) in [4.78, 5) is 34.3. The van der Waals surface area contributed by atoms with Crippen LogP contribution in [0.3, 0.4) is 0 Å². The fourth-order valence-corrected chi connectivity index (χ4v) is 2.34. The maximum atomic E-state index is 11.8. The molecule has 1 aliphatic carbocycles. The third-order valence-electron chi connectivity index (χ3n) is 3.30. The fraction of sp³-hybridized carbons (Fsp3) is 0.769. The van der Waals surface area contributed by atoms with Gasteiger partial charge in [-0.1, -0.05) is 12.8 Å². The largest absolute Gasteiger partial charge is 0.466 e. The Morgan fingerprint density at radius 3 is 2.47 bits per heavy atom. The Kier molecular flexibility index (Phi) is 6.32. The van der Waals surface area contributed by atoms with Crippen molar-refractivity contribution in [2.75, 3.05) is 6.61 Å². The van der Waals surface area contributed by atoms with Gasteiger partial charge in [-0.2, -0.15) is 0 Å². The molecule has 0 spiro atoms. The smallest absolute Gasteiger partial charge is 0.308 e. The third kappa shape index (κ3) is 5.72. The number of hydrogen-bond acceptors (Lipinski definition) is 4. The molecule has 0 bridgehead atoms. The van der Waals surface area contributed by atoms with E-state index >= 15 is 0 Å². The Bertz CT molecular complexity index is 338. The van der Waals surface area contributed by atoms with Gasteiger partial charge in [-0.15, -0.1) is 0 Å². The average Bonchev–Trinajstić information content (AvgIpc) is 2.81. The quantitative estimate of drug-likeness (QED) is 0.658. The summed E-state index contributed by atoms with van der Waals surface area (Å²) in [6.07, 6.45) is 4.59. The van der Waals surface area contributed by atoms with E-state index in [2.05, 4.69) is 5.32 Å². The molecule has 1 aliphatic rings. The first-order chi connectivity index (χ1) is 9.02. The lowest BCUT2D eigenvalue weighted by atomic mass is 10.0. The Morgan fingerprint density at radius 2 is 1.95 bits per heavy atom. The van der Waals surface area contributed by atoms with Crippen LogP contribution in [-0.2, 0) is 19.1 Å². The fourth-order valence-electron chi connectivity index (χ4n) is 2.34. The molecule has 2 amide bonds. The zero-order valence-corrected chi connectivity index (χ0v) is 11.3. The van der Waals surface area contributed by atoms with E-state index in [0.29, 0.717) is 12.3 Å². The summed E-state index contributed by atoms with van der Waals surface area (Å²) in [5.41, 5.74) is 5.18. The second kappa shape index (κ2) is 7.76. The van der Waals surface area contributed by atoms with Crippen molar-refractivity contribution in [2.24, 2.45) is 11.7 Å². The van der Waals surface area contributed by atoms with Gasteiger partial charge in [0.2, 0.25) is 11.8 Å². The lowest BCUT2D eigenvalue weighted by molar-refractivity contribution is -0.145. The highest BCUT2D eigenvalue weighted by atomic mass is 16.5. The van der Waals surface area contributed by atoms with Crippen LogP contribution in [-0.4, -0.2) is 30.4 Å². The topological polar surface area (TPSA) is 98.5 Å². The highest BCUT2D eigenvalue weighted by molar-refractivity contribution is 5.90. The Balaban J connectivity index is 2.41. The van der Waals surface area contributed by atoms with Gasteiger partial charge < -0.3 is 15.8 Å². The highest BCUT2D eigenvalue weighted by Gasteiger charge is 2.24. The SMILES string of the molecule is CCOC(=O)C[C@H](NC(=O)CC1CCCC1)C(N)=O. The summed E-state index contributed by atoms with van der Waals surface area (Å²) < 4.78 is 4.74. The molecule has 0 aliphatic heterocycles. The molecule has 0 radical (unpaired) electrons. The summed E-state index contributed by atoms with van der Waals surface area (Å²) >= 11 is 0. The second-order valence-corrected chi connectivity index (χ2v) is 4.89. The number of ether oxygens (including phenoxy) is 1. The lowest BCUT2D eigenvalue weighted by Crippen LogP contribution is -2.46. The van der Waals surface area contributed by atoms with Crippen LogP contribution in [0.1, 0.15) is 45.4 Å². The molecule has 3 N–H and O–H groups in total. The van der Waals surface area contributed by atoms with Crippen LogP contribution in [0.5, 0.6) is 0 Å². The first kappa shape index (κ1) is 15.5. The van der Waals surface area contributed by atoms with Gasteiger partial charge in [0.05, 0.1) is 13.0 Å². The molecule has 0 aromatic carbocycles. The first-order valence-corrected chi connectivity index (χ1v) is 6.77. The molecule has 0 aromatic heterocycles. The van der Waals surface area contributed by atoms with Crippen LogP contribution in [0.15, 0.2) is 0 Å². The monoisotopic (exact) mass is 270 g/mol. The molecule has 1 saturated carbocycles. The molecule has 0 unspecified atom stereocenters. The predicted molar refractivity (Wildman–Crippen MR) is 69.0 cm³/mol. The van der Waals surface area contributed by atoms with Gasteiger partial charge in [-0.05, 0) is 25.7 Å². The van der Waals surface area contributed by atoms with E-state index in [9.17, 15) is 14.4 Å². The van der Waals surface area contributed by atoms with Crippen molar-refractivity contribution in [3.63, 3.8) is 0 Å². The van der Waals surface area contributed by atoms with Gasteiger partial charge in [0.15, 0.2) is 0 Å². The number of nitrogens with one attached hydrogen (secondary N) is 1. The first-order valence-electron chi connectivity index (χ1n) is 6.77. The molecule has 108 valence electrons. The number of carbonyl (C=O) groups excluding carboxylic acids is 3. The lowest BCUT2D eigenvalue weighted by Gasteiger charge is -2.16. The van der Waals surface area contributed by atoms with Gasteiger partial charge in [0, 0.05) is 6.42 Å². The number of hydrogen-bond donors (Lipinski definition) is 2. The third-order valence-corrected chi connectivity index (χ3v) is 3.30. The number of esters is 1. The molecule has 19 heavy (non-hydrogen) atoms. The highest BCUT2D eigenvalue weighted by Crippen LogP contribution is 2.27. The Hall–Kier alpha value is -1.59. The molecular weight excluding hydrogens is 248 g/mol. The van der Waals surface area contributed by atoms with Crippen molar-refractivity contribution in [1.82, 2.24) is 5.32 Å². The van der Waals surface area contributed by atoms with Crippen LogP contribution in [0.4, 0.5) is 0 Å². The van der Waals surface area contributed by atoms with Crippen molar-refractivity contribution >= 4 is 17.8 Å². The molecule has 0 aromatic rings. The summed E-state index contributed by atoms with van der Waals surface area (Å²) in [7, 11) is 0. The molecule has 1 fully saturated rings. The summed E-state index contributed by atoms with van der Waals surface area (Å²) in [5, 5.41) is 2.52. The van der Waals surface area contributed by atoms with E-state index in [1.54, 1.807) is 6.92 Å². The molecule has 6 heteroatoms. The van der Waals surface area contributed by atoms with Gasteiger partial charge >= 0.3 is 5.97 Å². The summed E-state index contributed by atoms with van der Waals surface area (Å²) in [6.45, 7) is 1.91. The Labute approximate surface area is 113 Å². The number of primary amides is 1. The van der Waals surface area contributed by atoms with Gasteiger partial charge in [0.25, 0.3) is 0 Å². The standard InChI is InChI=1S/C13H22N2O4/c1-2-19-12(17)8-10(13(14)18)15-11(16)7-9-5-3-4-6-9/h9-10H,2-8H2,1H3,(H2,14,18)(H,15,16)/t10-/m0/s1. The average molecular weight is 270 g/mol. The summed E-state index contributed by atoms with van der Waals surface area (Å²) in [6, 6.07) is -0.979. The van der Waals surface area contributed by atoms with Crippen molar-refractivity contribution in [3.8, 4) is 0 Å². The van der Waals surface area contributed by atoms with Crippen molar-refractivity contribution in [1.29, 1.82) is 0 Å². The second-order valence-electron chi connectivity index (χ2n) is 4.89. The van der Waals surface area contributed by atoms with E-state index in [0.717, 1.165) is 25.7 Å². The minimum Gasteiger partial charge on any atom is -0.466 e. The maximum Gasteiger partial charge on any atom is 0.308 e. The van der Waals surface area contributed by atoms with Crippen LogP contribution >= 0.6 is 0 Å². The van der Waals surface area contributed by atoms with Crippen molar-refractivity contribution in [2.45, 2.75) is 51.5 Å². The predicted octanol–water partition coefficient (Wildman–Crippen LogP) is 0.490. The molecule has 0 saturated heterocycles. The minimum absolute atomic E-state index is 0.209. The van der Waals surface area contributed by atoms with E-state index in [4.69, 9.17) is 10.5 Å². The number of amides is 2. The molecule has 1 rings (SSSR count). The van der Waals surface area contributed by atoms with E-state index in [-0.39, 0.29) is 18.9 Å². The van der Waals surface area contributed by atoms with Crippen molar-refractivity contribution < 1.29 is 19.1 Å². The zero-order chi connectivity index (χ0) is 14.3. The van der Waals surface area contributed by atoms with Crippen molar-refractivity contribution in [3.05, 3.63) is 0 Å². The molecule has 1 atom stereocenters. The molecule has 0 heterocycles. The van der Waals surface area contributed by atoms with Crippen LogP contribution in [0, 0.1) is 5.92 Å². The molecular formula is C13H22N2O4. The van der Waals surface area contributed by atoms with E-state index in [1.807, 2.05) is 0 Å². The normalized spacial score (nSPS) is 16.9. The van der Waals surface area contributed by atoms with Crippen LogP contribution in [0.2, 0.25) is 0 Å². The van der Waals surface area contributed by atoms with Gasteiger partial charge in [0.1, 0.15) is 6.04 Å². The summed E-state index contributed by atoms with van der Waals surface area (Å²) in [5.74, 6) is -1.09. The van der Waals surface area contributed by atoms with E-state index < -0.39 is 17.9 Å². The number of rotatable bonds is 7. The number of nitrogens with two attached hydrogens (primary N) is 1. The van der Waals surface area contributed by atoms with Gasteiger partial charge in [-0.3, -0.25) is 14.4 Å². The van der Waals surface area contributed by atoms with Crippen LogP contribution < -0.4 is 11.1 Å². The number of carbonyl (C=O) groups is 3. The maximum absolute atomic E-state index is 11.8. The Morgan fingerprint density at radius 1 is 1.32 bits per heavy atom.